The summed E-state index contributed by atoms with van der Waals surface area (Å²) in [4.78, 5) is 14.4. The average Bonchev–Trinajstić information content (AvgIpc) is 2.19. The first kappa shape index (κ1) is 10.9. The molecule has 1 atom stereocenters. The van der Waals surface area contributed by atoms with Crippen molar-refractivity contribution < 1.29 is 9.90 Å². The van der Waals surface area contributed by atoms with E-state index in [1.165, 1.54) is 18.0 Å². The zero-order valence-electron chi connectivity index (χ0n) is 7.54. The van der Waals surface area contributed by atoms with Crippen molar-refractivity contribution in [1.29, 1.82) is 0 Å². The highest BCUT2D eigenvalue weighted by Gasteiger charge is 2.13. The lowest BCUT2D eigenvalue weighted by Crippen LogP contribution is -2.32. The third-order valence-corrected chi connectivity index (χ3v) is 2.07. The second-order valence-corrected chi connectivity index (χ2v) is 3.36. The zero-order chi connectivity index (χ0) is 10.6. The molecule has 14 heavy (non-hydrogen) atoms. The van der Waals surface area contributed by atoms with Crippen LogP contribution in [0, 0.1) is 0 Å². The number of nitrogens with zero attached hydrogens (tertiary/aromatic N) is 3. The van der Waals surface area contributed by atoms with Crippen molar-refractivity contribution in [3.8, 4) is 0 Å². The van der Waals surface area contributed by atoms with Crippen LogP contribution < -0.4 is 5.73 Å². The Morgan fingerprint density at radius 2 is 2.43 bits per heavy atom. The average molecular weight is 214 g/mol. The Bertz CT molecular complexity index is 316. The van der Waals surface area contributed by atoms with Crippen molar-refractivity contribution in [2.75, 3.05) is 6.26 Å². The number of rotatable bonds is 4. The Balaban J connectivity index is 2.64. The van der Waals surface area contributed by atoms with Gasteiger partial charge in [-0.3, -0.25) is 4.79 Å². The summed E-state index contributed by atoms with van der Waals surface area (Å²) in [5.41, 5.74) is 5.80. The number of hydrogen-bond acceptors (Lipinski definition) is 6. The number of carboxylic acid groups (broad SMARTS) is 1. The normalized spacial score (nSPS) is 12.4. The summed E-state index contributed by atoms with van der Waals surface area (Å²) in [7, 11) is 0. The van der Waals surface area contributed by atoms with Gasteiger partial charge in [-0.1, -0.05) is 11.8 Å². The second kappa shape index (κ2) is 4.87. The Morgan fingerprint density at radius 1 is 1.71 bits per heavy atom. The maximum absolute atomic E-state index is 10.4. The highest BCUT2D eigenvalue weighted by molar-refractivity contribution is 7.98. The van der Waals surface area contributed by atoms with Crippen LogP contribution in [0.5, 0.6) is 0 Å². The van der Waals surface area contributed by atoms with Gasteiger partial charge in [-0.2, -0.15) is 5.10 Å². The van der Waals surface area contributed by atoms with Gasteiger partial charge in [-0.15, -0.1) is 5.10 Å². The van der Waals surface area contributed by atoms with E-state index in [0.29, 0.717) is 10.9 Å². The van der Waals surface area contributed by atoms with Gasteiger partial charge in [-0.05, 0) is 6.26 Å². The summed E-state index contributed by atoms with van der Waals surface area (Å²) in [5, 5.41) is 16.7. The van der Waals surface area contributed by atoms with E-state index in [0.717, 1.165) is 0 Å². The monoisotopic (exact) mass is 214 g/mol. The minimum atomic E-state index is -1.05. The van der Waals surface area contributed by atoms with Gasteiger partial charge >= 0.3 is 5.97 Å². The molecule has 6 nitrogen and oxygen atoms in total. The molecule has 0 saturated heterocycles. The predicted octanol–water partition coefficient (Wildman–Crippen LogP) is -0.452. The van der Waals surface area contributed by atoms with Gasteiger partial charge in [0.25, 0.3) is 0 Å². The molecule has 1 aromatic heterocycles. The Morgan fingerprint density at radius 3 is 2.86 bits per heavy atom. The van der Waals surface area contributed by atoms with Gasteiger partial charge in [-0.25, -0.2) is 4.98 Å². The van der Waals surface area contributed by atoms with E-state index in [1.807, 2.05) is 6.26 Å². The summed E-state index contributed by atoms with van der Waals surface area (Å²) in [6.45, 7) is 0. The van der Waals surface area contributed by atoms with Crippen LogP contribution in [0.1, 0.15) is 5.69 Å². The molecule has 76 valence electrons. The van der Waals surface area contributed by atoms with E-state index >= 15 is 0 Å². The van der Waals surface area contributed by atoms with Gasteiger partial charge in [0.05, 0.1) is 11.9 Å². The standard InChI is InChI=1S/C7H10N4O2S/c1-14-7-9-3-4(10-11-7)2-5(8)6(12)13/h3,5H,2,8H2,1H3,(H,12,13). The van der Waals surface area contributed by atoms with Crippen molar-refractivity contribution in [2.24, 2.45) is 5.73 Å². The van der Waals surface area contributed by atoms with Gasteiger partial charge in [0.2, 0.25) is 5.16 Å². The van der Waals surface area contributed by atoms with Crippen LogP contribution in [0.4, 0.5) is 0 Å². The van der Waals surface area contributed by atoms with E-state index in [1.54, 1.807) is 0 Å². The fourth-order valence-corrected chi connectivity index (χ4v) is 1.07. The van der Waals surface area contributed by atoms with Crippen molar-refractivity contribution in [1.82, 2.24) is 15.2 Å². The van der Waals surface area contributed by atoms with E-state index in [9.17, 15) is 4.79 Å². The largest absolute Gasteiger partial charge is 0.480 e. The van der Waals surface area contributed by atoms with Crippen LogP contribution in [-0.4, -0.2) is 38.6 Å². The maximum Gasteiger partial charge on any atom is 0.320 e. The lowest BCUT2D eigenvalue weighted by molar-refractivity contribution is -0.138. The number of aliphatic carboxylic acids is 1. The fourth-order valence-electron chi connectivity index (χ4n) is 0.788. The summed E-state index contributed by atoms with van der Waals surface area (Å²) in [6, 6.07) is -0.953. The number of hydrogen-bond donors (Lipinski definition) is 2. The quantitative estimate of drug-likeness (QED) is 0.654. The number of carboxylic acids is 1. The van der Waals surface area contributed by atoms with E-state index in [4.69, 9.17) is 10.8 Å². The molecule has 0 spiro atoms. The van der Waals surface area contributed by atoms with Crippen LogP contribution in [0.25, 0.3) is 0 Å². The SMILES string of the molecule is CSc1ncc(CC(N)C(=O)O)nn1. The fraction of sp³-hybridized carbons (Fsp3) is 0.429. The van der Waals surface area contributed by atoms with Gasteiger partial charge in [0, 0.05) is 6.42 Å². The predicted molar refractivity (Wildman–Crippen MR) is 50.9 cm³/mol. The van der Waals surface area contributed by atoms with Crippen molar-refractivity contribution in [3.05, 3.63) is 11.9 Å². The van der Waals surface area contributed by atoms with Crippen LogP contribution in [-0.2, 0) is 11.2 Å². The molecule has 0 aromatic carbocycles. The molecule has 0 aliphatic heterocycles. The number of aromatic nitrogens is 3. The van der Waals surface area contributed by atoms with E-state index in [-0.39, 0.29) is 6.42 Å². The summed E-state index contributed by atoms with van der Waals surface area (Å²) < 4.78 is 0. The third kappa shape index (κ3) is 2.93. The molecular weight excluding hydrogens is 204 g/mol. The topological polar surface area (TPSA) is 102 Å². The maximum atomic E-state index is 10.4. The molecule has 0 aliphatic rings. The van der Waals surface area contributed by atoms with E-state index in [2.05, 4.69) is 15.2 Å². The smallest absolute Gasteiger partial charge is 0.320 e. The lowest BCUT2D eigenvalue weighted by atomic mass is 10.2. The summed E-state index contributed by atoms with van der Waals surface area (Å²) in [6.07, 6.45) is 3.46. The molecule has 3 N–H and O–H groups in total. The van der Waals surface area contributed by atoms with Crippen LogP contribution in [0.15, 0.2) is 11.4 Å². The highest BCUT2D eigenvalue weighted by Crippen LogP contribution is 2.05. The van der Waals surface area contributed by atoms with Crippen LogP contribution in [0.2, 0.25) is 0 Å². The third-order valence-electron chi connectivity index (χ3n) is 1.52. The number of nitrogens with two attached hydrogens (primary N) is 1. The molecular formula is C7H10N4O2S. The van der Waals surface area contributed by atoms with Gasteiger partial charge in [0.1, 0.15) is 6.04 Å². The zero-order valence-corrected chi connectivity index (χ0v) is 8.36. The van der Waals surface area contributed by atoms with E-state index < -0.39 is 12.0 Å². The molecule has 0 bridgehead atoms. The summed E-state index contributed by atoms with van der Waals surface area (Å²) >= 11 is 1.37. The molecule has 0 aliphatic carbocycles. The Hall–Kier alpha value is -1.21. The molecule has 1 rings (SSSR count). The molecule has 1 heterocycles. The van der Waals surface area contributed by atoms with Gasteiger partial charge < -0.3 is 10.8 Å². The highest BCUT2D eigenvalue weighted by atomic mass is 32.2. The Labute approximate surface area is 84.9 Å². The first-order valence-electron chi connectivity index (χ1n) is 3.84. The molecule has 0 amide bonds. The number of carbonyl (C=O) groups is 1. The molecule has 1 unspecified atom stereocenters. The summed E-state index contributed by atoms with van der Waals surface area (Å²) in [5.74, 6) is -1.05. The molecule has 7 heteroatoms. The van der Waals surface area contributed by atoms with Crippen molar-refractivity contribution in [2.45, 2.75) is 17.6 Å². The van der Waals surface area contributed by atoms with Crippen LogP contribution >= 0.6 is 11.8 Å². The lowest BCUT2D eigenvalue weighted by Gasteiger charge is -2.04. The minimum absolute atomic E-state index is 0.143. The molecule has 1 aromatic rings. The van der Waals surface area contributed by atoms with Crippen LogP contribution in [0.3, 0.4) is 0 Å². The Kier molecular flexibility index (Phi) is 3.78. The van der Waals surface area contributed by atoms with Crippen molar-refractivity contribution >= 4 is 17.7 Å². The van der Waals surface area contributed by atoms with Crippen molar-refractivity contribution in [3.63, 3.8) is 0 Å². The molecule has 0 fully saturated rings. The molecule has 0 saturated carbocycles. The minimum Gasteiger partial charge on any atom is -0.480 e. The molecule has 0 radical (unpaired) electrons. The first-order valence-corrected chi connectivity index (χ1v) is 5.07. The second-order valence-electron chi connectivity index (χ2n) is 2.59. The number of thioether (sulfide) groups is 1. The first-order chi connectivity index (χ1) is 6.63. The van der Waals surface area contributed by atoms with Gasteiger partial charge in [0.15, 0.2) is 0 Å².